The maximum Gasteiger partial charge on any atom is 0.418 e. The fraction of sp³-hybridized carbons (Fsp3) is 0.222. The number of halogens is 3. The standard InChI is InChI=1S/C18H16F3NO3S/c1-13-11-22(26(23,24)14-7-3-2-4-8-14)16-10-6-5-9-15(16)17(25-12-13)18(19,20)21/h2-10,17H,1,11-12H2. The zero-order valence-electron chi connectivity index (χ0n) is 13.6. The van der Waals surface area contributed by atoms with E-state index in [4.69, 9.17) is 4.74 Å². The molecule has 8 heteroatoms. The van der Waals surface area contributed by atoms with Crippen LogP contribution in [0.4, 0.5) is 18.9 Å². The minimum Gasteiger partial charge on any atom is -0.360 e. The van der Waals surface area contributed by atoms with Crippen LogP contribution in [0.1, 0.15) is 11.7 Å². The Morgan fingerprint density at radius 1 is 1.04 bits per heavy atom. The van der Waals surface area contributed by atoms with E-state index < -0.39 is 22.3 Å². The molecule has 0 saturated carbocycles. The van der Waals surface area contributed by atoms with Crippen LogP contribution in [0.25, 0.3) is 0 Å². The van der Waals surface area contributed by atoms with E-state index in [2.05, 4.69) is 6.58 Å². The van der Waals surface area contributed by atoms with Gasteiger partial charge in [-0.1, -0.05) is 43.0 Å². The third-order valence-corrected chi connectivity index (χ3v) is 5.71. The van der Waals surface area contributed by atoms with Gasteiger partial charge in [0.2, 0.25) is 0 Å². The number of nitrogens with zero attached hydrogens (tertiary/aromatic N) is 1. The molecule has 0 aliphatic carbocycles. The topological polar surface area (TPSA) is 46.6 Å². The fourth-order valence-corrected chi connectivity index (χ4v) is 4.30. The van der Waals surface area contributed by atoms with Crippen LogP contribution < -0.4 is 4.31 Å². The molecule has 0 N–H and O–H groups in total. The van der Waals surface area contributed by atoms with Crippen molar-refractivity contribution in [1.82, 2.24) is 0 Å². The van der Waals surface area contributed by atoms with Crippen LogP contribution in [0.2, 0.25) is 0 Å². The number of alkyl halides is 3. The summed E-state index contributed by atoms with van der Waals surface area (Å²) < 4.78 is 72.6. The van der Waals surface area contributed by atoms with Crippen LogP contribution in [0.3, 0.4) is 0 Å². The number of fused-ring (bicyclic) bond motifs is 1. The largest absolute Gasteiger partial charge is 0.418 e. The Hall–Kier alpha value is -2.32. The number of rotatable bonds is 2. The second-order valence-corrected chi connectivity index (χ2v) is 7.73. The molecule has 1 unspecified atom stereocenters. The van der Waals surface area contributed by atoms with Gasteiger partial charge in [-0.2, -0.15) is 13.2 Å². The molecule has 1 aliphatic heterocycles. The highest BCUT2D eigenvalue weighted by atomic mass is 32.2. The number of hydrogen-bond acceptors (Lipinski definition) is 3. The Kier molecular flexibility index (Phi) is 4.81. The van der Waals surface area contributed by atoms with Crippen molar-refractivity contribution in [3.8, 4) is 0 Å². The van der Waals surface area contributed by atoms with E-state index in [1.165, 1.54) is 36.4 Å². The third-order valence-electron chi connectivity index (χ3n) is 3.94. The molecule has 0 aromatic heterocycles. The zero-order chi connectivity index (χ0) is 18.9. The predicted octanol–water partition coefficient (Wildman–Crippen LogP) is 4.07. The van der Waals surface area contributed by atoms with Crippen LogP contribution in [0.15, 0.2) is 71.6 Å². The Morgan fingerprint density at radius 2 is 1.65 bits per heavy atom. The van der Waals surface area contributed by atoms with Crippen LogP contribution in [-0.4, -0.2) is 27.7 Å². The number of ether oxygens (including phenoxy) is 1. The van der Waals surface area contributed by atoms with Crippen LogP contribution >= 0.6 is 0 Å². The number of sulfonamides is 1. The first-order valence-corrected chi connectivity index (χ1v) is 9.17. The number of anilines is 1. The van der Waals surface area contributed by atoms with Gasteiger partial charge in [0.1, 0.15) is 0 Å². The normalized spacial score (nSPS) is 18.8. The summed E-state index contributed by atoms with van der Waals surface area (Å²) in [6.07, 6.45) is -6.92. The lowest BCUT2D eigenvalue weighted by Crippen LogP contribution is -2.38. The van der Waals surface area contributed by atoms with Gasteiger partial charge in [-0.25, -0.2) is 8.42 Å². The van der Waals surface area contributed by atoms with Crippen LogP contribution in [0.5, 0.6) is 0 Å². The van der Waals surface area contributed by atoms with Crippen molar-refractivity contribution in [3.05, 3.63) is 72.3 Å². The molecule has 1 aliphatic rings. The van der Waals surface area contributed by atoms with Crippen molar-refractivity contribution in [3.63, 3.8) is 0 Å². The van der Waals surface area contributed by atoms with E-state index in [0.717, 1.165) is 4.31 Å². The van der Waals surface area contributed by atoms with Gasteiger partial charge < -0.3 is 4.74 Å². The summed E-state index contributed by atoms with van der Waals surface area (Å²) in [4.78, 5) is -0.00680. The Balaban J connectivity index is 2.20. The van der Waals surface area contributed by atoms with Gasteiger partial charge in [0.25, 0.3) is 10.0 Å². The maximum atomic E-state index is 13.5. The highest BCUT2D eigenvalue weighted by Gasteiger charge is 2.45. The minimum atomic E-state index is -4.68. The summed E-state index contributed by atoms with van der Waals surface area (Å²) in [5.74, 6) is 0. The molecule has 0 saturated heterocycles. The molecule has 4 nitrogen and oxygen atoms in total. The molecule has 138 valence electrons. The van der Waals surface area contributed by atoms with Gasteiger partial charge in [-0.15, -0.1) is 0 Å². The molecule has 2 aromatic rings. The second-order valence-electron chi connectivity index (χ2n) is 5.87. The summed E-state index contributed by atoms with van der Waals surface area (Å²) in [6, 6.07) is 13.1. The highest BCUT2D eigenvalue weighted by Crippen LogP contribution is 2.42. The van der Waals surface area contributed by atoms with Gasteiger partial charge >= 0.3 is 6.18 Å². The summed E-state index contributed by atoms with van der Waals surface area (Å²) >= 11 is 0. The van der Waals surface area contributed by atoms with Crippen LogP contribution in [0, 0.1) is 0 Å². The molecule has 1 atom stereocenters. The SMILES string of the molecule is C=C1COC(C(F)(F)F)c2ccccc2N(S(=O)(=O)c2ccccc2)C1. The average Bonchev–Trinajstić information content (AvgIpc) is 2.58. The number of benzene rings is 2. The molecule has 3 rings (SSSR count). The maximum absolute atomic E-state index is 13.5. The summed E-state index contributed by atoms with van der Waals surface area (Å²) in [5, 5.41) is 0. The van der Waals surface area contributed by atoms with E-state index in [1.54, 1.807) is 18.2 Å². The van der Waals surface area contributed by atoms with Crippen molar-refractivity contribution in [2.45, 2.75) is 17.2 Å². The molecule has 0 fully saturated rings. The lowest BCUT2D eigenvalue weighted by Gasteiger charge is -2.33. The average molecular weight is 383 g/mol. The number of hydrogen-bond donors (Lipinski definition) is 0. The van der Waals surface area contributed by atoms with Crippen molar-refractivity contribution in [2.24, 2.45) is 0 Å². The molecule has 0 spiro atoms. The molecule has 1 heterocycles. The number of para-hydroxylation sites is 1. The fourth-order valence-electron chi connectivity index (χ4n) is 2.77. The molecular formula is C18H16F3NO3S. The quantitative estimate of drug-likeness (QED) is 0.735. The highest BCUT2D eigenvalue weighted by molar-refractivity contribution is 7.92. The van der Waals surface area contributed by atoms with Gasteiger partial charge in [0, 0.05) is 5.56 Å². The zero-order valence-corrected chi connectivity index (χ0v) is 14.4. The summed E-state index contributed by atoms with van der Waals surface area (Å²) in [6.45, 7) is 3.11. The molecule has 0 amide bonds. The lowest BCUT2D eigenvalue weighted by molar-refractivity contribution is -0.221. The Bertz CT molecular complexity index is 911. The molecule has 0 radical (unpaired) electrons. The summed E-state index contributed by atoms with van der Waals surface area (Å²) in [5.41, 5.74) is -0.0835. The van der Waals surface area contributed by atoms with E-state index >= 15 is 0 Å². The van der Waals surface area contributed by atoms with E-state index in [-0.39, 0.29) is 34.9 Å². The van der Waals surface area contributed by atoms with Crippen LogP contribution in [-0.2, 0) is 14.8 Å². The monoisotopic (exact) mass is 383 g/mol. The first-order chi connectivity index (χ1) is 12.2. The second kappa shape index (κ2) is 6.77. The molecule has 26 heavy (non-hydrogen) atoms. The Morgan fingerprint density at radius 3 is 2.31 bits per heavy atom. The third kappa shape index (κ3) is 3.47. The van der Waals surface area contributed by atoms with Gasteiger partial charge in [-0.05, 0) is 23.8 Å². The molecular weight excluding hydrogens is 367 g/mol. The van der Waals surface area contributed by atoms with Crippen molar-refractivity contribution >= 4 is 15.7 Å². The van der Waals surface area contributed by atoms with E-state index in [9.17, 15) is 21.6 Å². The minimum absolute atomic E-state index is 0.00680. The van der Waals surface area contributed by atoms with Gasteiger partial charge in [0.05, 0.1) is 23.7 Å². The van der Waals surface area contributed by atoms with E-state index in [1.807, 2.05) is 0 Å². The Labute approximate surface area is 149 Å². The first-order valence-electron chi connectivity index (χ1n) is 7.73. The molecule has 2 aromatic carbocycles. The smallest absolute Gasteiger partial charge is 0.360 e. The van der Waals surface area contributed by atoms with Gasteiger partial charge in [-0.3, -0.25) is 4.31 Å². The van der Waals surface area contributed by atoms with Gasteiger partial charge in [0.15, 0.2) is 6.10 Å². The molecule has 0 bridgehead atoms. The van der Waals surface area contributed by atoms with E-state index in [0.29, 0.717) is 0 Å². The van der Waals surface area contributed by atoms with Crippen molar-refractivity contribution in [1.29, 1.82) is 0 Å². The van der Waals surface area contributed by atoms with Crippen molar-refractivity contribution < 1.29 is 26.3 Å². The first kappa shape index (κ1) is 18.5. The predicted molar refractivity (Wildman–Crippen MR) is 91.3 cm³/mol. The van der Waals surface area contributed by atoms with Crippen molar-refractivity contribution in [2.75, 3.05) is 17.5 Å². The summed E-state index contributed by atoms with van der Waals surface area (Å²) in [7, 11) is -4.07. The lowest BCUT2D eigenvalue weighted by atomic mass is 10.0.